The molecule has 2 atom stereocenters. The average molecular weight is 583 g/mol. The zero-order chi connectivity index (χ0) is 30.0. The van der Waals surface area contributed by atoms with Crippen molar-refractivity contribution in [2.45, 2.75) is 57.0 Å². The average Bonchev–Trinajstić information content (AvgIpc) is 2.84. The number of alkyl halides is 3. The number of halogens is 3. The van der Waals surface area contributed by atoms with Crippen LogP contribution in [0.5, 0.6) is 0 Å². The fraction of sp³-hybridized carbons (Fsp3) is 0.542. The van der Waals surface area contributed by atoms with Gasteiger partial charge >= 0.3 is 24.2 Å². The minimum Gasteiger partial charge on any atom is -0.480 e. The van der Waals surface area contributed by atoms with Crippen LogP contribution in [0.3, 0.4) is 0 Å². The van der Waals surface area contributed by atoms with Crippen LogP contribution < -0.4 is 16.4 Å². The highest BCUT2D eigenvalue weighted by Crippen LogP contribution is 2.13. The number of benzene rings is 1. The van der Waals surface area contributed by atoms with Gasteiger partial charge in [-0.2, -0.15) is 13.2 Å². The maximum absolute atomic E-state index is 12.7. The van der Waals surface area contributed by atoms with Crippen LogP contribution >= 0.6 is 0 Å². The van der Waals surface area contributed by atoms with Gasteiger partial charge in [0, 0.05) is 6.42 Å². The van der Waals surface area contributed by atoms with Crippen LogP contribution in [0, 0.1) is 0 Å². The number of carboxylic acid groups (broad SMARTS) is 2. The first-order chi connectivity index (χ1) is 18.2. The molecule has 2 amide bonds. The van der Waals surface area contributed by atoms with Crippen molar-refractivity contribution in [1.29, 1.82) is 0 Å². The summed E-state index contributed by atoms with van der Waals surface area (Å²) in [5.74, 6) is -4.28. The summed E-state index contributed by atoms with van der Waals surface area (Å²) >= 11 is 0. The number of hydrogen-bond donors (Lipinski definition) is 5. The monoisotopic (exact) mass is 582 g/mol. The predicted octanol–water partition coefficient (Wildman–Crippen LogP) is 1.84. The highest BCUT2D eigenvalue weighted by molar-refractivity contribution is 7.96. The van der Waals surface area contributed by atoms with Gasteiger partial charge in [-0.25, -0.2) is 14.4 Å². The maximum atomic E-state index is 12.7. The summed E-state index contributed by atoms with van der Waals surface area (Å²) in [7, 11) is -0.0727. The third kappa shape index (κ3) is 17.7. The first-order valence-corrected chi connectivity index (χ1v) is 13.9. The molecule has 15 heteroatoms. The highest BCUT2D eigenvalue weighted by Gasteiger charge is 2.38. The molecule has 0 aliphatic carbocycles. The molecule has 39 heavy (non-hydrogen) atoms. The number of ether oxygens (including phenoxy) is 1. The standard InChI is InChI=1S/C22H33N3O6S.C2HF3O2/c1-32(2)15-17(26)11-12-19(21(28)29)24-20(27)18(10-6-7-13-23)25-22(30)31-14-16-8-4-3-5-9-16;3-2(4,5)1(6)7/h3-5,8-9,18-19H,6-7,10-15,23H2,1-2H3,(H2-,24,25,27,28,29,30);(H,6,7)/p+1. The molecule has 0 radical (unpaired) electrons. The normalized spacial score (nSPS) is 12.4. The number of carbonyl (C=O) groups is 5. The van der Waals surface area contributed by atoms with Crippen molar-refractivity contribution in [1.82, 2.24) is 10.6 Å². The van der Waals surface area contributed by atoms with E-state index in [1.165, 1.54) is 0 Å². The van der Waals surface area contributed by atoms with Gasteiger partial charge in [-0.15, -0.1) is 0 Å². The molecule has 1 rings (SSSR count). The second kappa shape index (κ2) is 18.8. The first kappa shape index (κ1) is 35.7. The van der Waals surface area contributed by atoms with E-state index in [9.17, 15) is 37.5 Å². The number of carboxylic acids is 2. The molecule has 0 saturated carbocycles. The lowest BCUT2D eigenvalue weighted by atomic mass is 10.1. The molecular weight excluding hydrogens is 547 g/mol. The topological polar surface area (TPSA) is 185 Å². The molecule has 6 N–H and O–H groups in total. The number of nitrogens with two attached hydrogens (primary N) is 1. The molecule has 0 spiro atoms. The van der Waals surface area contributed by atoms with Gasteiger partial charge < -0.3 is 31.3 Å². The van der Waals surface area contributed by atoms with Crippen molar-refractivity contribution >= 4 is 40.6 Å². The van der Waals surface area contributed by atoms with Gasteiger partial charge in [0.1, 0.15) is 18.7 Å². The molecule has 11 nitrogen and oxygen atoms in total. The fourth-order valence-corrected chi connectivity index (χ4v) is 3.69. The number of alkyl carbamates (subject to hydrolysis) is 1. The molecule has 1 aromatic carbocycles. The smallest absolute Gasteiger partial charge is 0.480 e. The van der Waals surface area contributed by atoms with Gasteiger partial charge in [0.2, 0.25) is 5.91 Å². The van der Waals surface area contributed by atoms with Gasteiger partial charge in [0.15, 0.2) is 11.5 Å². The van der Waals surface area contributed by atoms with Crippen LogP contribution in [0.15, 0.2) is 30.3 Å². The summed E-state index contributed by atoms with van der Waals surface area (Å²) in [6, 6.07) is 6.89. The molecule has 220 valence electrons. The highest BCUT2D eigenvalue weighted by atomic mass is 32.2. The molecule has 0 bridgehead atoms. The van der Waals surface area contributed by atoms with E-state index in [-0.39, 0.29) is 42.5 Å². The quantitative estimate of drug-likeness (QED) is 0.152. The van der Waals surface area contributed by atoms with E-state index in [2.05, 4.69) is 10.6 Å². The Kier molecular flexibility index (Phi) is 17.2. The van der Waals surface area contributed by atoms with Crippen LogP contribution in [-0.4, -0.2) is 83.0 Å². The summed E-state index contributed by atoms with van der Waals surface area (Å²) in [5.41, 5.74) is 6.30. The van der Waals surface area contributed by atoms with Gasteiger partial charge in [-0.05, 0) is 48.7 Å². The van der Waals surface area contributed by atoms with E-state index in [0.717, 1.165) is 5.56 Å². The van der Waals surface area contributed by atoms with Crippen molar-refractivity contribution in [3.63, 3.8) is 0 Å². The number of unbranched alkanes of at least 4 members (excludes halogenated alkanes) is 1. The lowest BCUT2D eigenvalue weighted by molar-refractivity contribution is -0.192. The minimum atomic E-state index is -5.08. The lowest BCUT2D eigenvalue weighted by Gasteiger charge is -2.21. The summed E-state index contributed by atoms with van der Waals surface area (Å²) in [6.07, 6.45) is -0.440. The number of rotatable bonds is 15. The number of amides is 2. The Bertz CT molecular complexity index is 933. The van der Waals surface area contributed by atoms with Crippen LogP contribution in [0.25, 0.3) is 0 Å². The zero-order valence-electron chi connectivity index (χ0n) is 21.7. The van der Waals surface area contributed by atoms with Gasteiger partial charge in [-0.1, -0.05) is 30.3 Å². The van der Waals surface area contributed by atoms with Crippen LogP contribution in [-0.2, 0) is 41.4 Å². The number of ketones is 1. The van der Waals surface area contributed by atoms with Crippen LogP contribution in [0.2, 0.25) is 0 Å². The Labute approximate surface area is 227 Å². The molecule has 0 aliphatic heterocycles. The summed E-state index contributed by atoms with van der Waals surface area (Å²) < 4.78 is 36.9. The summed E-state index contributed by atoms with van der Waals surface area (Å²) in [6.45, 7) is 0.476. The van der Waals surface area contributed by atoms with E-state index in [1.807, 2.05) is 30.7 Å². The molecule has 0 fully saturated rings. The van der Waals surface area contributed by atoms with Crippen molar-refractivity contribution in [2.75, 3.05) is 24.8 Å². The molecule has 2 unspecified atom stereocenters. The molecular formula is C24H35F3N3O8S+. The largest absolute Gasteiger partial charge is 0.490 e. The van der Waals surface area contributed by atoms with Crippen molar-refractivity contribution in [2.24, 2.45) is 5.73 Å². The van der Waals surface area contributed by atoms with E-state index < -0.39 is 42.2 Å². The van der Waals surface area contributed by atoms with E-state index in [1.54, 1.807) is 12.1 Å². The summed E-state index contributed by atoms with van der Waals surface area (Å²) in [5, 5.41) is 21.5. The second-order valence-electron chi connectivity index (χ2n) is 8.45. The van der Waals surface area contributed by atoms with Crippen molar-refractivity contribution in [3.8, 4) is 0 Å². The maximum Gasteiger partial charge on any atom is 0.490 e. The Balaban J connectivity index is 0.00000181. The molecule has 0 aromatic heterocycles. The van der Waals surface area contributed by atoms with Crippen LogP contribution in [0.4, 0.5) is 18.0 Å². The Hall–Kier alpha value is -3.33. The third-order valence-corrected chi connectivity index (χ3v) is 5.69. The second-order valence-corrected chi connectivity index (χ2v) is 10.7. The van der Waals surface area contributed by atoms with Gasteiger partial charge in [-0.3, -0.25) is 9.59 Å². The number of Topliss-reactive ketones (excluding diaryl/α,β-unsaturated/α-hetero) is 1. The van der Waals surface area contributed by atoms with Gasteiger partial charge in [0.25, 0.3) is 0 Å². The molecule has 0 aliphatic rings. The Morgan fingerprint density at radius 3 is 2.05 bits per heavy atom. The number of nitrogens with one attached hydrogen (secondary N) is 2. The SMILES string of the molecule is C[S+](C)CC(=O)CCC(NC(=O)C(CCCCN)NC(=O)OCc1ccccc1)C(=O)O.O=C(O)C(F)(F)F. The predicted molar refractivity (Wildman–Crippen MR) is 138 cm³/mol. The lowest BCUT2D eigenvalue weighted by Crippen LogP contribution is -2.51. The zero-order valence-corrected chi connectivity index (χ0v) is 22.5. The fourth-order valence-electron chi connectivity index (χ4n) is 2.90. The van der Waals surface area contributed by atoms with Gasteiger partial charge in [0.05, 0.1) is 12.5 Å². The molecule has 0 saturated heterocycles. The first-order valence-electron chi connectivity index (χ1n) is 11.7. The third-order valence-electron chi connectivity index (χ3n) is 4.79. The number of hydrogen-bond acceptors (Lipinski definition) is 7. The van der Waals surface area contributed by atoms with E-state index in [4.69, 9.17) is 20.4 Å². The van der Waals surface area contributed by atoms with E-state index in [0.29, 0.717) is 25.1 Å². The Morgan fingerprint density at radius 1 is 0.974 bits per heavy atom. The van der Waals surface area contributed by atoms with Crippen molar-refractivity contribution in [3.05, 3.63) is 35.9 Å². The Morgan fingerprint density at radius 2 is 1.56 bits per heavy atom. The molecule has 0 heterocycles. The molecule has 1 aromatic rings. The van der Waals surface area contributed by atoms with Crippen molar-refractivity contribution < 1.29 is 52.1 Å². The number of aliphatic carboxylic acids is 2. The van der Waals surface area contributed by atoms with E-state index >= 15 is 0 Å². The number of carbonyl (C=O) groups excluding carboxylic acids is 3. The van der Waals surface area contributed by atoms with Crippen LogP contribution in [0.1, 0.15) is 37.7 Å². The minimum absolute atomic E-state index is 0.00885. The summed E-state index contributed by atoms with van der Waals surface area (Å²) in [4.78, 5) is 57.3.